The van der Waals surface area contributed by atoms with Crippen molar-refractivity contribution in [2.45, 2.75) is 25.4 Å². The molecular weight excluding hydrogens is 184 g/mol. The molecular formula is C9H10N2O3. The summed E-state index contributed by atoms with van der Waals surface area (Å²) in [5.74, 6) is -0.560. The number of nitrogens with zero attached hydrogens (tertiary/aromatic N) is 2. The molecule has 0 aliphatic heterocycles. The molecule has 14 heavy (non-hydrogen) atoms. The van der Waals surface area contributed by atoms with Crippen LogP contribution in [0.4, 0.5) is 0 Å². The molecule has 0 saturated heterocycles. The van der Waals surface area contributed by atoms with Gasteiger partial charge in [0.25, 0.3) is 0 Å². The Balaban J connectivity index is 2.19. The maximum Gasteiger partial charge on any atom is 0.348 e. The minimum absolute atomic E-state index is 0.361. The van der Waals surface area contributed by atoms with Crippen LogP contribution in [0.2, 0.25) is 0 Å². The fourth-order valence-corrected chi connectivity index (χ4v) is 1.15. The summed E-state index contributed by atoms with van der Waals surface area (Å²) in [5, 5.41) is 8.89. The quantitative estimate of drug-likeness (QED) is 0.769. The second-order valence-electron chi connectivity index (χ2n) is 3.41. The molecule has 1 N–H and O–H groups in total. The van der Waals surface area contributed by atoms with E-state index in [9.17, 15) is 4.79 Å². The van der Waals surface area contributed by atoms with Crippen LogP contribution in [0.5, 0.6) is 5.88 Å². The van der Waals surface area contributed by atoms with E-state index in [1.54, 1.807) is 13.1 Å². The minimum atomic E-state index is -1.03. The van der Waals surface area contributed by atoms with Crippen LogP contribution in [0.3, 0.4) is 0 Å². The number of aliphatic carboxylic acids is 1. The Morgan fingerprint density at radius 2 is 2.36 bits per heavy atom. The topological polar surface area (TPSA) is 72.3 Å². The van der Waals surface area contributed by atoms with Gasteiger partial charge < -0.3 is 9.84 Å². The van der Waals surface area contributed by atoms with Crippen molar-refractivity contribution in [3.63, 3.8) is 0 Å². The van der Waals surface area contributed by atoms with Crippen LogP contribution in [0.15, 0.2) is 12.5 Å². The standard InChI is InChI=1S/C9H10N2O3/c1-6-4-10-5-11-7(6)14-9(2-3-9)8(12)13/h4-5H,2-3H2,1H3,(H,12,13). The summed E-state index contributed by atoms with van der Waals surface area (Å²) in [5.41, 5.74) is -0.279. The molecule has 2 rings (SSSR count). The summed E-state index contributed by atoms with van der Waals surface area (Å²) in [6.45, 7) is 1.78. The third-order valence-electron chi connectivity index (χ3n) is 2.23. The molecule has 74 valence electrons. The van der Waals surface area contributed by atoms with Crippen LogP contribution in [-0.4, -0.2) is 26.6 Å². The second-order valence-corrected chi connectivity index (χ2v) is 3.41. The van der Waals surface area contributed by atoms with Gasteiger partial charge in [-0.15, -0.1) is 0 Å². The van der Waals surface area contributed by atoms with Gasteiger partial charge in [0, 0.05) is 24.6 Å². The number of hydrogen-bond donors (Lipinski definition) is 1. The van der Waals surface area contributed by atoms with Gasteiger partial charge >= 0.3 is 5.97 Å². The molecule has 0 bridgehead atoms. The van der Waals surface area contributed by atoms with Crippen molar-refractivity contribution in [1.82, 2.24) is 9.97 Å². The summed E-state index contributed by atoms with van der Waals surface area (Å²) in [6, 6.07) is 0. The summed E-state index contributed by atoms with van der Waals surface area (Å²) >= 11 is 0. The van der Waals surface area contributed by atoms with Crippen molar-refractivity contribution in [3.8, 4) is 5.88 Å². The fraction of sp³-hybridized carbons (Fsp3) is 0.444. The molecule has 0 unspecified atom stereocenters. The molecule has 1 heterocycles. The number of carboxylic acids is 1. The van der Waals surface area contributed by atoms with Crippen LogP contribution >= 0.6 is 0 Å². The zero-order valence-corrected chi connectivity index (χ0v) is 7.73. The highest BCUT2D eigenvalue weighted by molar-refractivity contribution is 5.81. The minimum Gasteiger partial charge on any atom is -0.478 e. The first-order valence-electron chi connectivity index (χ1n) is 4.33. The van der Waals surface area contributed by atoms with Crippen molar-refractivity contribution in [3.05, 3.63) is 18.1 Å². The average molecular weight is 194 g/mol. The van der Waals surface area contributed by atoms with Crippen LogP contribution in [-0.2, 0) is 4.79 Å². The number of aryl methyl sites for hydroxylation is 1. The molecule has 1 aromatic heterocycles. The van der Waals surface area contributed by atoms with E-state index < -0.39 is 11.6 Å². The van der Waals surface area contributed by atoms with E-state index in [2.05, 4.69) is 9.97 Å². The number of carboxylic acid groups (broad SMARTS) is 1. The van der Waals surface area contributed by atoms with Crippen molar-refractivity contribution in [1.29, 1.82) is 0 Å². The van der Waals surface area contributed by atoms with E-state index in [1.807, 2.05) is 0 Å². The number of carbonyl (C=O) groups is 1. The van der Waals surface area contributed by atoms with E-state index in [-0.39, 0.29) is 0 Å². The number of ether oxygens (including phenoxy) is 1. The molecule has 1 fully saturated rings. The van der Waals surface area contributed by atoms with E-state index >= 15 is 0 Å². The molecule has 0 radical (unpaired) electrons. The summed E-state index contributed by atoms with van der Waals surface area (Å²) < 4.78 is 5.35. The molecule has 1 saturated carbocycles. The lowest BCUT2D eigenvalue weighted by Gasteiger charge is -2.13. The van der Waals surface area contributed by atoms with Crippen LogP contribution < -0.4 is 4.74 Å². The van der Waals surface area contributed by atoms with Gasteiger partial charge in [0.1, 0.15) is 6.33 Å². The van der Waals surface area contributed by atoms with Gasteiger partial charge in [-0.3, -0.25) is 0 Å². The van der Waals surface area contributed by atoms with Crippen LogP contribution in [0, 0.1) is 6.92 Å². The Kier molecular flexibility index (Phi) is 1.87. The first kappa shape index (κ1) is 8.93. The predicted molar refractivity (Wildman–Crippen MR) is 47.0 cm³/mol. The third-order valence-corrected chi connectivity index (χ3v) is 2.23. The molecule has 1 aliphatic rings. The number of hydrogen-bond acceptors (Lipinski definition) is 4. The maximum absolute atomic E-state index is 10.8. The monoisotopic (exact) mass is 194 g/mol. The molecule has 5 nitrogen and oxygen atoms in total. The Bertz CT molecular complexity index is 374. The second kappa shape index (κ2) is 2.94. The predicted octanol–water partition coefficient (Wildman–Crippen LogP) is 0.781. The SMILES string of the molecule is Cc1cncnc1OC1(C(=O)O)CC1. The van der Waals surface area contributed by atoms with Gasteiger partial charge in [0.05, 0.1) is 0 Å². The van der Waals surface area contributed by atoms with Gasteiger partial charge in [0.2, 0.25) is 11.5 Å². The number of rotatable bonds is 3. The molecule has 1 aliphatic carbocycles. The summed E-state index contributed by atoms with van der Waals surface area (Å²) in [7, 11) is 0. The smallest absolute Gasteiger partial charge is 0.348 e. The lowest BCUT2D eigenvalue weighted by molar-refractivity contribution is -0.147. The third kappa shape index (κ3) is 1.41. The van der Waals surface area contributed by atoms with Crippen molar-refractivity contribution in [2.24, 2.45) is 0 Å². The molecule has 1 aromatic rings. The Labute approximate surface area is 80.8 Å². The van der Waals surface area contributed by atoms with Crippen LogP contribution in [0.1, 0.15) is 18.4 Å². The number of aromatic nitrogens is 2. The van der Waals surface area contributed by atoms with Gasteiger partial charge in [-0.2, -0.15) is 0 Å². The summed E-state index contributed by atoms with van der Waals surface area (Å²) in [6.07, 6.45) is 4.04. The van der Waals surface area contributed by atoms with Gasteiger partial charge in [-0.1, -0.05) is 0 Å². The first-order chi connectivity index (χ1) is 6.64. The highest BCUT2D eigenvalue weighted by atomic mass is 16.5. The molecule has 5 heteroatoms. The maximum atomic E-state index is 10.8. The van der Waals surface area contributed by atoms with Crippen LogP contribution in [0.25, 0.3) is 0 Å². The van der Waals surface area contributed by atoms with Gasteiger partial charge in [-0.25, -0.2) is 14.8 Å². The van der Waals surface area contributed by atoms with Crippen molar-refractivity contribution in [2.75, 3.05) is 0 Å². The molecule has 0 amide bonds. The first-order valence-corrected chi connectivity index (χ1v) is 4.33. The largest absolute Gasteiger partial charge is 0.478 e. The van der Waals surface area contributed by atoms with E-state index in [0.717, 1.165) is 5.56 Å². The molecule has 0 atom stereocenters. The normalized spacial score (nSPS) is 17.5. The zero-order chi connectivity index (χ0) is 10.2. The van der Waals surface area contributed by atoms with E-state index in [0.29, 0.717) is 18.7 Å². The Morgan fingerprint density at radius 1 is 1.64 bits per heavy atom. The average Bonchev–Trinajstić information content (AvgIpc) is 2.90. The van der Waals surface area contributed by atoms with E-state index in [4.69, 9.17) is 9.84 Å². The van der Waals surface area contributed by atoms with E-state index in [1.165, 1.54) is 6.33 Å². The van der Waals surface area contributed by atoms with Crippen molar-refractivity contribution < 1.29 is 14.6 Å². The van der Waals surface area contributed by atoms with Gasteiger partial charge in [0.15, 0.2) is 0 Å². The Hall–Kier alpha value is -1.65. The van der Waals surface area contributed by atoms with Crippen molar-refractivity contribution >= 4 is 5.97 Å². The summed E-state index contributed by atoms with van der Waals surface area (Å²) in [4.78, 5) is 18.5. The zero-order valence-electron chi connectivity index (χ0n) is 7.73. The lowest BCUT2D eigenvalue weighted by Crippen LogP contribution is -2.29. The highest BCUT2D eigenvalue weighted by Gasteiger charge is 2.54. The molecule has 0 spiro atoms. The fourth-order valence-electron chi connectivity index (χ4n) is 1.15. The molecule has 0 aromatic carbocycles. The highest BCUT2D eigenvalue weighted by Crippen LogP contribution is 2.40. The lowest BCUT2D eigenvalue weighted by atomic mass is 10.3. The Morgan fingerprint density at radius 3 is 2.86 bits per heavy atom. The van der Waals surface area contributed by atoms with Gasteiger partial charge in [-0.05, 0) is 6.92 Å².